The van der Waals surface area contributed by atoms with Crippen LogP contribution in [0.15, 0.2) is 0 Å². The molecule has 8 atom stereocenters. The molecule has 0 amide bonds. The van der Waals surface area contributed by atoms with Gasteiger partial charge in [-0.05, 0) is 72.1 Å². The van der Waals surface area contributed by atoms with Crippen LogP contribution >= 0.6 is 0 Å². The largest absolute Gasteiger partial charge is 0.361 e. The molecule has 0 spiro atoms. The summed E-state index contributed by atoms with van der Waals surface area (Å²) in [5.41, 5.74) is 0. The molecule has 252 valence electrons. The Labute approximate surface area is 266 Å². The molecule has 4 heterocycles. The van der Waals surface area contributed by atoms with Gasteiger partial charge in [0, 0.05) is 19.3 Å². The number of carbonyl (C=O) groups excluding carboxylic acids is 3. The lowest BCUT2D eigenvalue weighted by molar-refractivity contribution is -0.296. The van der Waals surface area contributed by atoms with Gasteiger partial charge in [-0.3, -0.25) is 14.4 Å². The van der Waals surface area contributed by atoms with Crippen molar-refractivity contribution < 1.29 is 38.1 Å². The fraction of sp³-hybridized carbons (Fsp3) is 0.917. The first-order valence-corrected chi connectivity index (χ1v) is 18.1. The molecular weight excluding hydrogens is 560 g/mol. The van der Waals surface area contributed by atoms with E-state index in [2.05, 4.69) is 13.8 Å². The van der Waals surface area contributed by atoms with Crippen LogP contribution in [0.4, 0.5) is 0 Å². The van der Waals surface area contributed by atoms with Crippen molar-refractivity contribution in [2.45, 2.75) is 211 Å². The van der Waals surface area contributed by atoms with E-state index >= 15 is 0 Å². The lowest BCUT2D eigenvalue weighted by Gasteiger charge is -2.39. The summed E-state index contributed by atoms with van der Waals surface area (Å²) < 4.78 is 28.7. The molecule has 4 saturated heterocycles. The number of Topliss-reactive ketones (excluding diaryl/α,β-unsaturated/α-hetero) is 3. The van der Waals surface area contributed by atoms with Crippen molar-refractivity contribution >= 4 is 17.3 Å². The summed E-state index contributed by atoms with van der Waals surface area (Å²) in [6, 6.07) is 0. The van der Waals surface area contributed by atoms with Crippen molar-refractivity contribution in [3.8, 4) is 0 Å². The smallest absolute Gasteiger partial charge is 0.164 e. The Hall–Kier alpha value is -1.19. The summed E-state index contributed by atoms with van der Waals surface area (Å²) in [6.45, 7) is 8.24. The van der Waals surface area contributed by atoms with E-state index in [1.165, 1.54) is 12.8 Å². The van der Waals surface area contributed by atoms with Crippen LogP contribution in [0, 0.1) is 0 Å². The van der Waals surface area contributed by atoms with Crippen molar-refractivity contribution in [2.75, 3.05) is 0 Å². The maximum absolute atomic E-state index is 12.5. The molecule has 0 bridgehead atoms. The van der Waals surface area contributed by atoms with Crippen LogP contribution < -0.4 is 0 Å². The quantitative estimate of drug-likeness (QED) is 0.0770. The molecule has 0 saturated carbocycles. The molecule has 4 aliphatic rings. The highest BCUT2D eigenvalue weighted by Gasteiger charge is 2.45. The van der Waals surface area contributed by atoms with Crippen molar-refractivity contribution in [2.24, 2.45) is 0 Å². The van der Waals surface area contributed by atoms with E-state index in [1.807, 2.05) is 13.8 Å². The number of carbonyl (C=O) groups is 3. The lowest BCUT2D eigenvalue weighted by atomic mass is 10.0. The van der Waals surface area contributed by atoms with Crippen LogP contribution in [0.1, 0.15) is 156 Å². The average Bonchev–Trinajstić information content (AvgIpc) is 3.85. The van der Waals surface area contributed by atoms with Gasteiger partial charge in [-0.25, -0.2) is 0 Å². The molecule has 0 aromatic heterocycles. The topological polar surface area (TPSA) is 107 Å². The Morgan fingerprint density at radius 1 is 0.568 bits per heavy atom. The molecule has 8 heteroatoms. The van der Waals surface area contributed by atoms with Gasteiger partial charge in [-0.15, -0.1) is 0 Å². The third-order valence-corrected chi connectivity index (χ3v) is 9.59. The van der Waals surface area contributed by atoms with Crippen molar-refractivity contribution in [1.29, 1.82) is 0 Å². The second-order valence-corrected chi connectivity index (χ2v) is 14.3. The van der Waals surface area contributed by atoms with E-state index in [0.717, 1.165) is 96.3 Å². The number of epoxide rings is 3. The van der Waals surface area contributed by atoms with Gasteiger partial charge in [0.25, 0.3) is 0 Å². The van der Waals surface area contributed by atoms with Gasteiger partial charge in [0.05, 0.1) is 30.5 Å². The zero-order chi connectivity index (χ0) is 31.5. The minimum absolute atomic E-state index is 0.0746. The number of unbranched alkanes of at least 4 members (excludes halogenated alkanes) is 8. The predicted octanol–water partition coefficient (Wildman–Crippen LogP) is 7.36. The van der Waals surface area contributed by atoms with Crippen LogP contribution in [0.3, 0.4) is 0 Å². The molecule has 0 unspecified atom stereocenters. The molecule has 0 aliphatic carbocycles. The molecule has 0 aromatic rings. The SMILES string of the molecule is CCCCC[C@H]1O[C@H]1C(=O)CCCCC[C@H]1O[C@H]1C(=O)CCCCC[C@H]1O[C@H]1C(=O)CCCCC[C@@H]1C[C@H](C)OC(C)(C)O1. The highest BCUT2D eigenvalue weighted by molar-refractivity contribution is 5.86. The Morgan fingerprint density at radius 3 is 1.39 bits per heavy atom. The first kappa shape index (κ1) is 35.7. The van der Waals surface area contributed by atoms with Crippen molar-refractivity contribution in [1.82, 2.24) is 0 Å². The van der Waals surface area contributed by atoms with E-state index in [4.69, 9.17) is 23.7 Å². The second-order valence-electron chi connectivity index (χ2n) is 14.3. The number of ether oxygens (including phenoxy) is 5. The zero-order valence-electron chi connectivity index (χ0n) is 28.0. The van der Waals surface area contributed by atoms with Gasteiger partial charge >= 0.3 is 0 Å². The van der Waals surface area contributed by atoms with Crippen molar-refractivity contribution in [3.63, 3.8) is 0 Å². The normalized spacial score (nSPS) is 31.9. The van der Waals surface area contributed by atoms with E-state index in [9.17, 15) is 14.4 Å². The third-order valence-electron chi connectivity index (χ3n) is 9.59. The fourth-order valence-corrected chi connectivity index (χ4v) is 7.01. The predicted molar refractivity (Wildman–Crippen MR) is 169 cm³/mol. The molecular formula is C36H60O8. The maximum Gasteiger partial charge on any atom is 0.164 e. The third kappa shape index (κ3) is 12.5. The van der Waals surface area contributed by atoms with E-state index in [0.29, 0.717) is 19.3 Å². The Balaban J connectivity index is 0.910. The first-order chi connectivity index (χ1) is 21.2. The van der Waals surface area contributed by atoms with Crippen LogP contribution in [0.2, 0.25) is 0 Å². The zero-order valence-corrected chi connectivity index (χ0v) is 28.0. The lowest BCUT2D eigenvalue weighted by Crippen LogP contribution is -2.43. The standard InChI is InChI=1S/C36H60O8/c1-5-6-10-21-30-33(40-30)28(38)19-13-8-15-23-32-35(42-32)29(39)20-14-9-16-22-31-34(41-31)27(37)18-12-7-11-17-26-24-25(2)43-36(3,4)44-26/h25-26,30-35H,5-24H2,1-4H3/t25-,26+,30+,31+,32+,33-,34-,35-/m0/s1. The van der Waals surface area contributed by atoms with Crippen LogP contribution in [0.25, 0.3) is 0 Å². The second kappa shape index (κ2) is 17.7. The van der Waals surface area contributed by atoms with Gasteiger partial charge < -0.3 is 23.7 Å². The Morgan fingerprint density at radius 2 is 0.977 bits per heavy atom. The molecule has 4 aliphatic heterocycles. The fourth-order valence-electron chi connectivity index (χ4n) is 7.01. The summed E-state index contributed by atoms with van der Waals surface area (Å²) in [4.78, 5) is 37.2. The minimum Gasteiger partial charge on any atom is -0.361 e. The van der Waals surface area contributed by atoms with E-state index < -0.39 is 5.79 Å². The Bertz CT molecular complexity index is 918. The highest BCUT2D eigenvalue weighted by Crippen LogP contribution is 2.33. The molecule has 0 aromatic carbocycles. The monoisotopic (exact) mass is 620 g/mol. The van der Waals surface area contributed by atoms with Gasteiger partial charge in [-0.1, -0.05) is 64.7 Å². The molecule has 8 nitrogen and oxygen atoms in total. The van der Waals surface area contributed by atoms with Crippen LogP contribution in [0.5, 0.6) is 0 Å². The number of hydrogen-bond acceptors (Lipinski definition) is 8. The van der Waals surface area contributed by atoms with Gasteiger partial charge in [0.15, 0.2) is 23.1 Å². The molecule has 4 rings (SSSR count). The van der Waals surface area contributed by atoms with Gasteiger partial charge in [0.2, 0.25) is 0 Å². The van der Waals surface area contributed by atoms with Crippen molar-refractivity contribution in [3.05, 3.63) is 0 Å². The van der Waals surface area contributed by atoms with Gasteiger partial charge in [0.1, 0.15) is 18.3 Å². The summed E-state index contributed by atoms with van der Waals surface area (Å²) in [5, 5.41) is 0. The number of rotatable bonds is 25. The van der Waals surface area contributed by atoms with E-state index in [-0.39, 0.29) is 66.2 Å². The van der Waals surface area contributed by atoms with Gasteiger partial charge in [-0.2, -0.15) is 0 Å². The average molecular weight is 621 g/mol. The van der Waals surface area contributed by atoms with E-state index in [1.54, 1.807) is 0 Å². The molecule has 4 fully saturated rings. The van der Waals surface area contributed by atoms with Crippen LogP contribution in [-0.4, -0.2) is 72.0 Å². The molecule has 44 heavy (non-hydrogen) atoms. The summed E-state index contributed by atoms with van der Waals surface area (Å²) >= 11 is 0. The maximum atomic E-state index is 12.5. The molecule has 0 N–H and O–H groups in total. The summed E-state index contributed by atoms with van der Waals surface area (Å²) in [5.74, 6) is 0.228. The summed E-state index contributed by atoms with van der Waals surface area (Å²) in [7, 11) is 0. The number of ketones is 3. The molecule has 0 radical (unpaired) electrons. The Kier molecular flexibility index (Phi) is 14.3. The number of hydrogen-bond donors (Lipinski definition) is 0. The minimum atomic E-state index is -0.505. The van der Waals surface area contributed by atoms with Crippen LogP contribution in [-0.2, 0) is 38.1 Å². The first-order valence-electron chi connectivity index (χ1n) is 18.1. The highest BCUT2D eigenvalue weighted by atomic mass is 16.7. The summed E-state index contributed by atoms with van der Waals surface area (Å²) in [6.07, 6.45) is 19.1.